The highest BCUT2D eigenvalue weighted by molar-refractivity contribution is 6.36. The first-order valence-electron chi connectivity index (χ1n) is 8.84. The van der Waals surface area contributed by atoms with Crippen molar-refractivity contribution in [3.05, 3.63) is 57.6 Å². The van der Waals surface area contributed by atoms with Gasteiger partial charge < -0.3 is 14.8 Å². The van der Waals surface area contributed by atoms with Crippen molar-refractivity contribution in [1.82, 2.24) is 0 Å². The van der Waals surface area contributed by atoms with Gasteiger partial charge in [-0.15, -0.1) is 0 Å². The third kappa shape index (κ3) is 6.73. The Balaban J connectivity index is 2.11. The maximum atomic E-state index is 12.5. The van der Waals surface area contributed by atoms with Crippen molar-refractivity contribution in [3.63, 3.8) is 0 Å². The lowest BCUT2D eigenvalue weighted by molar-refractivity contribution is -0.115. The van der Waals surface area contributed by atoms with Crippen LogP contribution >= 0.6 is 23.2 Å². The zero-order valence-corrected chi connectivity index (χ0v) is 17.5. The van der Waals surface area contributed by atoms with Crippen molar-refractivity contribution in [2.24, 2.45) is 0 Å². The number of hydrogen-bond donors (Lipinski definition) is 1. The average molecular weight is 410 g/mol. The summed E-state index contributed by atoms with van der Waals surface area (Å²) in [6.07, 6.45) is 1.20. The van der Waals surface area contributed by atoms with Crippen LogP contribution in [0.4, 0.5) is 5.69 Å². The maximum Gasteiger partial charge on any atom is 0.228 e. The lowest BCUT2D eigenvalue weighted by atomic mass is 10.0. The van der Waals surface area contributed by atoms with E-state index in [4.69, 9.17) is 32.7 Å². The fraction of sp³-hybridized carbons (Fsp3) is 0.381. The van der Waals surface area contributed by atoms with E-state index < -0.39 is 0 Å². The number of rotatable bonds is 8. The molecule has 1 N–H and O–H groups in total. The largest absolute Gasteiger partial charge is 0.496 e. The Morgan fingerprint density at radius 3 is 2.48 bits per heavy atom. The van der Waals surface area contributed by atoms with Crippen molar-refractivity contribution in [2.75, 3.05) is 12.4 Å². The van der Waals surface area contributed by atoms with E-state index in [0.29, 0.717) is 21.5 Å². The minimum absolute atomic E-state index is 0.0907. The van der Waals surface area contributed by atoms with Gasteiger partial charge in [0, 0.05) is 10.6 Å². The van der Waals surface area contributed by atoms with Gasteiger partial charge in [-0.1, -0.05) is 35.3 Å². The summed E-state index contributed by atoms with van der Waals surface area (Å²) < 4.78 is 11.2. The number of carbonyl (C=O) groups excluding carboxylic acids is 1. The molecule has 2 aromatic rings. The summed E-state index contributed by atoms with van der Waals surface area (Å²) in [7, 11) is 1.59. The Bertz CT molecular complexity index is 793. The zero-order valence-electron chi connectivity index (χ0n) is 16.0. The van der Waals surface area contributed by atoms with Crippen LogP contribution in [0.25, 0.3) is 0 Å². The quantitative estimate of drug-likeness (QED) is 0.622. The van der Waals surface area contributed by atoms with Gasteiger partial charge in [-0.3, -0.25) is 4.79 Å². The van der Waals surface area contributed by atoms with E-state index in [9.17, 15) is 4.79 Å². The monoisotopic (exact) mass is 409 g/mol. The number of ether oxygens (including phenoxy) is 2. The molecule has 0 heterocycles. The Kier molecular flexibility index (Phi) is 7.96. The van der Waals surface area contributed by atoms with Gasteiger partial charge in [0.25, 0.3) is 0 Å². The lowest BCUT2D eigenvalue weighted by Crippen LogP contribution is -2.18. The van der Waals surface area contributed by atoms with Gasteiger partial charge >= 0.3 is 0 Å². The molecular weight excluding hydrogens is 385 g/mol. The maximum absolute atomic E-state index is 12.5. The van der Waals surface area contributed by atoms with E-state index >= 15 is 0 Å². The highest BCUT2D eigenvalue weighted by atomic mass is 35.5. The molecule has 0 aliphatic rings. The molecular formula is C21H25Cl2NO3. The number of carbonyl (C=O) groups is 1. The zero-order chi connectivity index (χ0) is 20.0. The van der Waals surface area contributed by atoms with Gasteiger partial charge in [-0.25, -0.2) is 0 Å². The molecule has 0 aliphatic heterocycles. The molecule has 1 amide bonds. The SMILES string of the molecule is COc1ccc(CC(C)OC(C)C)cc1CC(=O)Nc1ccc(Cl)cc1Cl. The molecule has 146 valence electrons. The van der Waals surface area contributed by atoms with Gasteiger partial charge in [0.2, 0.25) is 5.91 Å². The van der Waals surface area contributed by atoms with Crippen molar-refractivity contribution in [3.8, 4) is 5.75 Å². The van der Waals surface area contributed by atoms with Crippen LogP contribution < -0.4 is 10.1 Å². The van der Waals surface area contributed by atoms with Crippen LogP contribution in [0.5, 0.6) is 5.75 Å². The summed E-state index contributed by atoms with van der Waals surface area (Å²) in [6, 6.07) is 10.8. The molecule has 27 heavy (non-hydrogen) atoms. The fourth-order valence-electron chi connectivity index (χ4n) is 2.90. The Hall–Kier alpha value is -1.75. The number of nitrogens with one attached hydrogen (secondary N) is 1. The summed E-state index contributed by atoms with van der Waals surface area (Å²) in [5, 5.41) is 3.73. The highest BCUT2D eigenvalue weighted by Crippen LogP contribution is 2.26. The molecule has 2 rings (SSSR count). The van der Waals surface area contributed by atoms with Gasteiger partial charge in [0.15, 0.2) is 0 Å². The molecule has 0 fully saturated rings. The number of benzene rings is 2. The molecule has 6 heteroatoms. The Morgan fingerprint density at radius 1 is 1.11 bits per heavy atom. The van der Waals surface area contributed by atoms with Crippen molar-refractivity contribution in [2.45, 2.75) is 45.8 Å². The molecule has 0 saturated heterocycles. The van der Waals surface area contributed by atoms with Crippen LogP contribution in [0.15, 0.2) is 36.4 Å². The third-order valence-electron chi connectivity index (χ3n) is 3.93. The van der Waals surface area contributed by atoms with Gasteiger partial charge in [0.05, 0.1) is 36.4 Å². The predicted octanol–water partition coefficient (Wildman–Crippen LogP) is 5.54. The summed E-state index contributed by atoms with van der Waals surface area (Å²) in [5.41, 5.74) is 2.44. The highest BCUT2D eigenvalue weighted by Gasteiger charge is 2.13. The second-order valence-electron chi connectivity index (χ2n) is 6.69. The average Bonchev–Trinajstić information content (AvgIpc) is 2.57. The summed E-state index contributed by atoms with van der Waals surface area (Å²) in [4.78, 5) is 12.5. The first-order chi connectivity index (χ1) is 12.8. The number of anilines is 1. The molecule has 0 radical (unpaired) electrons. The van der Waals surface area contributed by atoms with Crippen molar-refractivity contribution >= 4 is 34.8 Å². The number of amides is 1. The molecule has 1 unspecified atom stereocenters. The second-order valence-corrected chi connectivity index (χ2v) is 7.54. The van der Waals surface area contributed by atoms with Crippen molar-refractivity contribution in [1.29, 1.82) is 0 Å². The third-order valence-corrected chi connectivity index (χ3v) is 4.48. The van der Waals surface area contributed by atoms with Gasteiger partial charge in [-0.2, -0.15) is 0 Å². The molecule has 2 aromatic carbocycles. The Labute approximate surface area is 170 Å². The van der Waals surface area contributed by atoms with Crippen LogP contribution in [0, 0.1) is 0 Å². The minimum Gasteiger partial charge on any atom is -0.496 e. The summed E-state index contributed by atoms with van der Waals surface area (Å²) in [5.74, 6) is 0.495. The topological polar surface area (TPSA) is 47.6 Å². The van der Waals surface area contributed by atoms with Crippen LogP contribution in [-0.2, 0) is 22.4 Å². The number of methoxy groups -OCH3 is 1. The van der Waals surface area contributed by atoms with E-state index in [1.54, 1.807) is 25.3 Å². The van der Waals surface area contributed by atoms with Crippen LogP contribution in [0.1, 0.15) is 31.9 Å². The number of halogens is 2. The molecule has 0 spiro atoms. The van der Waals surface area contributed by atoms with E-state index in [1.165, 1.54) is 0 Å². The normalized spacial score (nSPS) is 12.1. The fourth-order valence-corrected chi connectivity index (χ4v) is 3.36. The van der Waals surface area contributed by atoms with E-state index in [2.05, 4.69) is 5.32 Å². The molecule has 1 atom stereocenters. The lowest BCUT2D eigenvalue weighted by Gasteiger charge is -2.17. The first kappa shape index (κ1) is 21.5. The second kappa shape index (κ2) is 9.98. The standard InChI is InChI=1S/C21H25Cl2NO3/c1-13(2)27-14(3)9-15-5-8-20(26-4)16(10-15)11-21(25)24-19-7-6-17(22)12-18(19)23/h5-8,10,12-14H,9,11H2,1-4H3,(H,24,25). The van der Waals surface area contributed by atoms with E-state index in [1.807, 2.05) is 39.0 Å². The van der Waals surface area contributed by atoms with Crippen molar-refractivity contribution < 1.29 is 14.3 Å². The smallest absolute Gasteiger partial charge is 0.228 e. The van der Waals surface area contributed by atoms with Crippen LogP contribution in [0.2, 0.25) is 10.0 Å². The Morgan fingerprint density at radius 2 is 1.85 bits per heavy atom. The first-order valence-corrected chi connectivity index (χ1v) is 9.60. The van der Waals surface area contributed by atoms with Crippen LogP contribution in [0.3, 0.4) is 0 Å². The number of hydrogen-bond acceptors (Lipinski definition) is 3. The molecule has 0 aromatic heterocycles. The molecule has 0 saturated carbocycles. The van der Waals surface area contributed by atoms with Gasteiger partial charge in [-0.05, 0) is 57.0 Å². The predicted molar refractivity (Wildman–Crippen MR) is 111 cm³/mol. The summed E-state index contributed by atoms with van der Waals surface area (Å²) in [6.45, 7) is 6.07. The summed E-state index contributed by atoms with van der Waals surface area (Å²) >= 11 is 12.0. The van der Waals surface area contributed by atoms with E-state index in [0.717, 1.165) is 17.5 Å². The van der Waals surface area contributed by atoms with Gasteiger partial charge in [0.1, 0.15) is 5.75 Å². The molecule has 4 nitrogen and oxygen atoms in total. The molecule has 0 bridgehead atoms. The van der Waals surface area contributed by atoms with Crippen LogP contribution in [-0.4, -0.2) is 25.2 Å². The van der Waals surface area contributed by atoms with E-state index in [-0.39, 0.29) is 24.5 Å². The minimum atomic E-state index is -0.179. The molecule has 0 aliphatic carbocycles.